The van der Waals surface area contributed by atoms with Gasteiger partial charge in [0.1, 0.15) is 5.92 Å². The number of aromatic nitrogens is 2. The minimum Gasteiger partial charge on any atom is -0.347 e. The molecule has 14 heavy (non-hydrogen) atoms. The van der Waals surface area contributed by atoms with E-state index >= 15 is 0 Å². The van der Waals surface area contributed by atoms with Crippen LogP contribution in [0.3, 0.4) is 0 Å². The zero-order valence-electron chi connectivity index (χ0n) is 8.11. The SMILES string of the molecule is CN(C)c1nccc(C(C#N)CCl)n1. The summed E-state index contributed by atoms with van der Waals surface area (Å²) in [6, 6.07) is 3.80. The molecule has 1 atom stereocenters. The third-order valence-corrected chi connectivity index (χ3v) is 2.04. The van der Waals surface area contributed by atoms with Crippen molar-refractivity contribution in [2.45, 2.75) is 5.92 Å². The van der Waals surface area contributed by atoms with E-state index in [2.05, 4.69) is 16.0 Å². The van der Waals surface area contributed by atoms with Crippen LogP contribution in [0.4, 0.5) is 5.95 Å². The second-order valence-corrected chi connectivity index (χ2v) is 3.32. The van der Waals surface area contributed by atoms with Gasteiger partial charge in [-0.15, -0.1) is 11.6 Å². The molecule has 1 heterocycles. The summed E-state index contributed by atoms with van der Waals surface area (Å²) in [4.78, 5) is 10.1. The molecular formula is C9H11ClN4. The molecule has 0 spiro atoms. The van der Waals surface area contributed by atoms with Crippen molar-refractivity contribution in [3.05, 3.63) is 18.0 Å². The molecule has 5 heteroatoms. The van der Waals surface area contributed by atoms with E-state index in [-0.39, 0.29) is 11.8 Å². The molecule has 0 saturated heterocycles. The van der Waals surface area contributed by atoms with E-state index < -0.39 is 0 Å². The molecule has 4 nitrogen and oxygen atoms in total. The third-order valence-electron chi connectivity index (χ3n) is 1.73. The molecule has 1 aromatic heterocycles. The van der Waals surface area contributed by atoms with Crippen LogP contribution < -0.4 is 4.90 Å². The van der Waals surface area contributed by atoms with Crippen molar-refractivity contribution >= 4 is 17.5 Å². The summed E-state index contributed by atoms with van der Waals surface area (Å²) in [5.74, 6) is 0.478. The van der Waals surface area contributed by atoms with E-state index in [4.69, 9.17) is 16.9 Å². The van der Waals surface area contributed by atoms with Crippen LogP contribution in [0, 0.1) is 11.3 Å². The maximum absolute atomic E-state index is 8.80. The molecule has 0 amide bonds. The van der Waals surface area contributed by atoms with Gasteiger partial charge in [-0.1, -0.05) is 0 Å². The largest absolute Gasteiger partial charge is 0.347 e. The molecule has 0 aliphatic carbocycles. The Morgan fingerprint density at radius 2 is 2.36 bits per heavy atom. The van der Waals surface area contributed by atoms with Crippen LogP contribution in [0.5, 0.6) is 0 Å². The number of halogens is 1. The van der Waals surface area contributed by atoms with Gasteiger partial charge in [-0.25, -0.2) is 9.97 Å². The maximum atomic E-state index is 8.80. The van der Waals surface area contributed by atoms with Crippen molar-refractivity contribution in [2.75, 3.05) is 24.9 Å². The van der Waals surface area contributed by atoms with Gasteiger partial charge >= 0.3 is 0 Å². The Balaban J connectivity index is 3.00. The summed E-state index contributed by atoms with van der Waals surface area (Å²) >= 11 is 5.64. The molecule has 0 fully saturated rings. The first kappa shape index (κ1) is 10.7. The lowest BCUT2D eigenvalue weighted by Crippen LogP contribution is -2.14. The zero-order valence-corrected chi connectivity index (χ0v) is 8.86. The highest BCUT2D eigenvalue weighted by Crippen LogP contribution is 2.15. The second-order valence-electron chi connectivity index (χ2n) is 3.01. The summed E-state index contributed by atoms with van der Waals surface area (Å²) in [5.41, 5.74) is 0.668. The number of hydrogen-bond donors (Lipinski definition) is 0. The topological polar surface area (TPSA) is 52.8 Å². The lowest BCUT2D eigenvalue weighted by atomic mass is 10.1. The Hall–Kier alpha value is -1.34. The summed E-state index contributed by atoms with van der Waals surface area (Å²) in [7, 11) is 3.70. The average Bonchev–Trinajstić information content (AvgIpc) is 2.20. The first-order chi connectivity index (χ1) is 6.69. The van der Waals surface area contributed by atoms with E-state index in [1.54, 1.807) is 17.2 Å². The third kappa shape index (κ3) is 2.33. The Bertz CT molecular complexity index is 345. The molecule has 74 valence electrons. The summed E-state index contributed by atoms with van der Waals surface area (Å²) < 4.78 is 0. The van der Waals surface area contributed by atoms with E-state index in [9.17, 15) is 0 Å². The fourth-order valence-electron chi connectivity index (χ4n) is 0.951. The van der Waals surface area contributed by atoms with Crippen molar-refractivity contribution in [1.82, 2.24) is 9.97 Å². The average molecular weight is 211 g/mol. The van der Waals surface area contributed by atoms with Crippen molar-refractivity contribution in [1.29, 1.82) is 5.26 Å². The normalized spacial score (nSPS) is 11.9. The lowest BCUT2D eigenvalue weighted by molar-refractivity contribution is 0.886. The van der Waals surface area contributed by atoms with Crippen LogP contribution in [0.1, 0.15) is 11.6 Å². The molecule has 0 N–H and O–H groups in total. The quantitative estimate of drug-likeness (QED) is 0.708. The minimum absolute atomic E-state index is 0.250. The van der Waals surface area contributed by atoms with Gasteiger partial charge in [-0.05, 0) is 6.07 Å². The number of anilines is 1. The molecule has 1 unspecified atom stereocenters. The van der Waals surface area contributed by atoms with Gasteiger partial charge in [0, 0.05) is 26.2 Å². The van der Waals surface area contributed by atoms with Gasteiger partial charge < -0.3 is 4.90 Å². The highest BCUT2D eigenvalue weighted by atomic mass is 35.5. The Morgan fingerprint density at radius 3 is 2.86 bits per heavy atom. The fourth-order valence-corrected chi connectivity index (χ4v) is 1.18. The van der Waals surface area contributed by atoms with E-state index in [0.29, 0.717) is 11.6 Å². The molecular weight excluding hydrogens is 200 g/mol. The Labute approximate surface area is 88.2 Å². The Morgan fingerprint density at radius 1 is 1.64 bits per heavy atom. The van der Waals surface area contributed by atoms with Gasteiger partial charge in [0.05, 0.1) is 11.8 Å². The predicted octanol–water partition coefficient (Wildman–Crippen LogP) is 1.39. The second kappa shape index (κ2) is 4.77. The lowest BCUT2D eigenvalue weighted by Gasteiger charge is -2.11. The first-order valence-electron chi connectivity index (χ1n) is 4.15. The van der Waals surface area contributed by atoms with Gasteiger partial charge in [-0.3, -0.25) is 0 Å². The number of nitriles is 1. The van der Waals surface area contributed by atoms with Gasteiger partial charge in [0.25, 0.3) is 0 Å². The van der Waals surface area contributed by atoms with Gasteiger partial charge in [0.15, 0.2) is 0 Å². The van der Waals surface area contributed by atoms with Crippen molar-refractivity contribution < 1.29 is 0 Å². The zero-order chi connectivity index (χ0) is 10.6. The molecule has 0 aromatic carbocycles. The fraction of sp³-hybridized carbons (Fsp3) is 0.444. The van der Waals surface area contributed by atoms with Gasteiger partial charge in [0.2, 0.25) is 5.95 Å². The summed E-state index contributed by atoms with van der Waals surface area (Å²) in [6.07, 6.45) is 1.63. The van der Waals surface area contributed by atoms with E-state index in [0.717, 1.165) is 0 Å². The molecule has 0 saturated carbocycles. The number of nitrogens with zero attached hydrogens (tertiary/aromatic N) is 4. The van der Waals surface area contributed by atoms with Crippen LogP contribution in [-0.4, -0.2) is 29.9 Å². The van der Waals surface area contributed by atoms with Gasteiger partial charge in [-0.2, -0.15) is 5.26 Å². The standard InChI is InChI=1S/C9H11ClN4/c1-14(2)9-12-4-3-8(13-9)7(5-10)6-11/h3-4,7H,5H2,1-2H3. The van der Waals surface area contributed by atoms with Crippen molar-refractivity contribution in [3.63, 3.8) is 0 Å². The van der Waals surface area contributed by atoms with Crippen molar-refractivity contribution in [3.8, 4) is 6.07 Å². The van der Waals surface area contributed by atoms with Crippen LogP contribution >= 0.6 is 11.6 Å². The van der Waals surface area contributed by atoms with Crippen molar-refractivity contribution in [2.24, 2.45) is 0 Å². The Kier molecular flexibility index (Phi) is 3.66. The monoisotopic (exact) mass is 210 g/mol. The highest BCUT2D eigenvalue weighted by Gasteiger charge is 2.11. The molecule has 1 rings (SSSR count). The van der Waals surface area contributed by atoms with Crippen LogP contribution in [0.2, 0.25) is 0 Å². The minimum atomic E-state index is -0.363. The first-order valence-corrected chi connectivity index (χ1v) is 4.68. The van der Waals surface area contributed by atoms with Crippen LogP contribution in [0.25, 0.3) is 0 Å². The number of rotatable bonds is 3. The smallest absolute Gasteiger partial charge is 0.225 e. The number of alkyl halides is 1. The van der Waals surface area contributed by atoms with Crippen LogP contribution in [-0.2, 0) is 0 Å². The van der Waals surface area contributed by atoms with E-state index in [1.165, 1.54) is 0 Å². The molecule has 0 radical (unpaired) electrons. The van der Waals surface area contributed by atoms with E-state index in [1.807, 2.05) is 14.1 Å². The molecule has 0 bridgehead atoms. The maximum Gasteiger partial charge on any atom is 0.225 e. The highest BCUT2D eigenvalue weighted by molar-refractivity contribution is 6.18. The summed E-state index contributed by atoms with van der Waals surface area (Å²) in [5, 5.41) is 8.80. The summed E-state index contributed by atoms with van der Waals surface area (Å²) in [6.45, 7) is 0. The predicted molar refractivity (Wildman–Crippen MR) is 55.4 cm³/mol. The number of hydrogen-bond acceptors (Lipinski definition) is 4. The molecule has 0 aliphatic rings. The van der Waals surface area contributed by atoms with Crippen LogP contribution in [0.15, 0.2) is 12.3 Å². The molecule has 0 aliphatic heterocycles. The molecule has 1 aromatic rings.